The van der Waals surface area contributed by atoms with Crippen LogP contribution in [0.3, 0.4) is 0 Å². The van der Waals surface area contributed by atoms with Gasteiger partial charge in [-0.15, -0.1) is 0 Å². The number of hydrogen-bond donors (Lipinski definition) is 4. The molecule has 5 N–H and O–H groups in total. The molecule has 1 aliphatic rings. The number of rotatable bonds is 5. The SMILES string of the molecule is CC(=O)Nc1ccc(C(=O)NC2SC(Nc3ccc(C)cc3C)=NC2C(N)=O)cc1. The number of aryl methyl sites for hydroxylation is 2. The highest BCUT2D eigenvalue weighted by molar-refractivity contribution is 8.15. The number of nitrogens with two attached hydrogens (primary N) is 1. The summed E-state index contributed by atoms with van der Waals surface area (Å²) in [6.07, 6.45) is 0. The molecular weight excluding hydrogens is 402 g/mol. The fourth-order valence-electron chi connectivity index (χ4n) is 2.98. The Kier molecular flexibility index (Phi) is 6.41. The largest absolute Gasteiger partial charge is 0.368 e. The topological polar surface area (TPSA) is 126 Å². The Labute approximate surface area is 178 Å². The van der Waals surface area contributed by atoms with Gasteiger partial charge in [-0.2, -0.15) is 0 Å². The molecule has 2 atom stereocenters. The van der Waals surface area contributed by atoms with Crippen LogP contribution in [0.1, 0.15) is 28.4 Å². The Morgan fingerprint density at radius 1 is 1.07 bits per heavy atom. The number of anilines is 2. The molecule has 1 aliphatic heterocycles. The first-order chi connectivity index (χ1) is 14.2. The molecule has 2 aromatic carbocycles. The predicted molar refractivity (Wildman–Crippen MR) is 120 cm³/mol. The van der Waals surface area contributed by atoms with E-state index in [-0.39, 0.29) is 11.8 Å². The number of carbonyl (C=O) groups is 3. The highest BCUT2D eigenvalue weighted by Gasteiger charge is 2.35. The maximum absolute atomic E-state index is 12.6. The molecule has 8 nitrogen and oxygen atoms in total. The van der Waals surface area contributed by atoms with Crippen LogP contribution in [0.15, 0.2) is 47.5 Å². The summed E-state index contributed by atoms with van der Waals surface area (Å²) >= 11 is 1.24. The maximum atomic E-state index is 12.6. The average molecular weight is 426 g/mol. The number of nitrogens with zero attached hydrogens (tertiary/aromatic N) is 1. The maximum Gasteiger partial charge on any atom is 0.252 e. The van der Waals surface area contributed by atoms with Gasteiger partial charge in [-0.05, 0) is 49.7 Å². The molecule has 0 saturated carbocycles. The van der Waals surface area contributed by atoms with Gasteiger partial charge in [0.15, 0.2) is 11.2 Å². The molecule has 1 heterocycles. The van der Waals surface area contributed by atoms with Crippen molar-refractivity contribution in [3.63, 3.8) is 0 Å². The zero-order chi connectivity index (χ0) is 21.8. The normalized spacial score (nSPS) is 17.8. The molecule has 3 rings (SSSR count). The van der Waals surface area contributed by atoms with E-state index >= 15 is 0 Å². The minimum absolute atomic E-state index is 0.195. The summed E-state index contributed by atoms with van der Waals surface area (Å²) in [4.78, 5) is 40.0. The number of primary amides is 1. The molecule has 3 amide bonds. The number of hydrogen-bond acceptors (Lipinski definition) is 6. The van der Waals surface area contributed by atoms with E-state index in [0.717, 1.165) is 16.8 Å². The van der Waals surface area contributed by atoms with E-state index in [1.165, 1.54) is 18.7 Å². The van der Waals surface area contributed by atoms with E-state index in [4.69, 9.17) is 5.73 Å². The highest BCUT2D eigenvalue weighted by Crippen LogP contribution is 2.28. The Hall–Kier alpha value is -3.33. The molecule has 0 fully saturated rings. The van der Waals surface area contributed by atoms with E-state index in [2.05, 4.69) is 20.9 Å². The Balaban J connectivity index is 1.69. The molecule has 9 heteroatoms. The fourth-order valence-corrected chi connectivity index (χ4v) is 4.06. The Bertz CT molecular complexity index is 1020. The van der Waals surface area contributed by atoms with Crippen molar-refractivity contribution in [1.82, 2.24) is 5.32 Å². The van der Waals surface area contributed by atoms with Crippen LogP contribution in [-0.4, -0.2) is 34.3 Å². The smallest absolute Gasteiger partial charge is 0.252 e. The average Bonchev–Trinajstić information content (AvgIpc) is 3.06. The summed E-state index contributed by atoms with van der Waals surface area (Å²) in [5.41, 5.74) is 9.53. The van der Waals surface area contributed by atoms with Crippen molar-refractivity contribution in [3.8, 4) is 0 Å². The van der Waals surface area contributed by atoms with Gasteiger partial charge in [0.2, 0.25) is 11.8 Å². The number of amidine groups is 1. The van der Waals surface area contributed by atoms with Crippen LogP contribution >= 0.6 is 11.8 Å². The van der Waals surface area contributed by atoms with Gasteiger partial charge >= 0.3 is 0 Å². The highest BCUT2D eigenvalue weighted by atomic mass is 32.2. The van der Waals surface area contributed by atoms with Gasteiger partial charge in [0.1, 0.15) is 5.37 Å². The van der Waals surface area contributed by atoms with Crippen molar-refractivity contribution < 1.29 is 14.4 Å². The number of aliphatic imine (C=N–C) groups is 1. The fraction of sp³-hybridized carbons (Fsp3) is 0.238. The molecule has 0 aliphatic carbocycles. The molecule has 0 bridgehead atoms. The monoisotopic (exact) mass is 425 g/mol. The van der Waals surface area contributed by atoms with E-state index < -0.39 is 17.3 Å². The van der Waals surface area contributed by atoms with Gasteiger partial charge < -0.3 is 21.7 Å². The van der Waals surface area contributed by atoms with Crippen LogP contribution in [0.5, 0.6) is 0 Å². The zero-order valence-electron chi connectivity index (χ0n) is 16.9. The van der Waals surface area contributed by atoms with Crippen molar-refractivity contribution in [1.29, 1.82) is 0 Å². The van der Waals surface area contributed by atoms with E-state index in [9.17, 15) is 14.4 Å². The lowest BCUT2D eigenvalue weighted by Crippen LogP contribution is -2.44. The van der Waals surface area contributed by atoms with Crippen molar-refractivity contribution in [2.24, 2.45) is 10.7 Å². The lowest BCUT2D eigenvalue weighted by molar-refractivity contribution is -0.119. The van der Waals surface area contributed by atoms with Gasteiger partial charge in [0, 0.05) is 23.9 Å². The van der Waals surface area contributed by atoms with Crippen LogP contribution < -0.4 is 21.7 Å². The molecule has 0 spiro atoms. The van der Waals surface area contributed by atoms with E-state index in [1.54, 1.807) is 24.3 Å². The molecule has 0 aromatic heterocycles. The van der Waals surface area contributed by atoms with E-state index in [0.29, 0.717) is 16.4 Å². The van der Waals surface area contributed by atoms with Gasteiger partial charge in [-0.25, -0.2) is 4.99 Å². The summed E-state index contributed by atoms with van der Waals surface area (Å²) < 4.78 is 0. The van der Waals surface area contributed by atoms with Crippen LogP contribution in [0.25, 0.3) is 0 Å². The van der Waals surface area contributed by atoms with Gasteiger partial charge in [-0.1, -0.05) is 29.5 Å². The van der Waals surface area contributed by atoms with Crippen molar-refractivity contribution in [2.45, 2.75) is 32.2 Å². The number of carbonyl (C=O) groups excluding carboxylic acids is 3. The molecule has 2 unspecified atom stereocenters. The first-order valence-corrected chi connectivity index (χ1v) is 10.2. The van der Waals surface area contributed by atoms with Crippen LogP contribution in [0.4, 0.5) is 11.4 Å². The Morgan fingerprint density at radius 3 is 2.37 bits per heavy atom. The predicted octanol–water partition coefficient (Wildman–Crippen LogP) is 2.39. The van der Waals surface area contributed by atoms with E-state index in [1.807, 2.05) is 32.0 Å². The molecule has 30 heavy (non-hydrogen) atoms. The lowest BCUT2D eigenvalue weighted by Gasteiger charge is -2.16. The first-order valence-electron chi connectivity index (χ1n) is 9.29. The number of thioether (sulfide) groups is 1. The first kappa shape index (κ1) is 21.4. The van der Waals surface area contributed by atoms with Crippen molar-refractivity contribution >= 4 is 46.0 Å². The summed E-state index contributed by atoms with van der Waals surface area (Å²) in [5.74, 6) is -1.18. The van der Waals surface area contributed by atoms with Crippen molar-refractivity contribution in [2.75, 3.05) is 10.6 Å². The van der Waals surface area contributed by atoms with Crippen LogP contribution in [0.2, 0.25) is 0 Å². The number of amides is 3. The summed E-state index contributed by atoms with van der Waals surface area (Å²) in [6.45, 7) is 5.40. The second-order valence-corrected chi connectivity index (χ2v) is 8.13. The second kappa shape index (κ2) is 9.00. The van der Waals surface area contributed by atoms with Gasteiger partial charge in [0.05, 0.1) is 0 Å². The molecule has 2 aromatic rings. The zero-order valence-corrected chi connectivity index (χ0v) is 17.7. The quantitative estimate of drug-likeness (QED) is 0.585. The minimum Gasteiger partial charge on any atom is -0.368 e. The molecule has 156 valence electrons. The third kappa shape index (κ3) is 5.18. The van der Waals surface area contributed by atoms with Gasteiger partial charge in [-0.3, -0.25) is 14.4 Å². The van der Waals surface area contributed by atoms with Crippen LogP contribution in [0, 0.1) is 13.8 Å². The summed E-state index contributed by atoms with van der Waals surface area (Å²) in [7, 11) is 0. The third-order valence-electron chi connectivity index (χ3n) is 4.44. The standard InChI is InChI=1S/C21H23N5O3S/c1-11-4-9-16(12(2)10-11)24-21-25-17(18(22)28)20(30-21)26-19(29)14-5-7-15(8-6-14)23-13(3)27/h4-10,17,20H,1-3H3,(H2,22,28)(H,23,27)(H,24,25)(H,26,29). The third-order valence-corrected chi connectivity index (χ3v) is 5.50. The molecular formula is C21H23N5O3S. The lowest BCUT2D eigenvalue weighted by atomic mass is 10.1. The summed E-state index contributed by atoms with van der Waals surface area (Å²) in [5, 5.41) is 8.54. The second-order valence-electron chi connectivity index (χ2n) is 7.00. The minimum atomic E-state index is -0.883. The molecule has 0 radical (unpaired) electrons. The number of nitrogens with one attached hydrogen (secondary N) is 3. The van der Waals surface area contributed by atoms with Crippen molar-refractivity contribution in [3.05, 3.63) is 59.2 Å². The van der Waals surface area contributed by atoms with Crippen LogP contribution in [-0.2, 0) is 9.59 Å². The van der Waals surface area contributed by atoms with Gasteiger partial charge in [0.25, 0.3) is 5.91 Å². The summed E-state index contributed by atoms with van der Waals surface area (Å²) in [6, 6.07) is 11.5. The molecule has 0 saturated heterocycles. The Morgan fingerprint density at radius 2 is 1.77 bits per heavy atom. The number of benzene rings is 2.